The first-order valence-corrected chi connectivity index (χ1v) is 7.24. The molecule has 0 bridgehead atoms. The van der Waals surface area contributed by atoms with Crippen LogP contribution in [-0.4, -0.2) is 22.8 Å². The van der Waals surface area contributed by atoms with Crippen molar-refractivity contribution in [2.24, 2.45) is 5.92 Å². The van der Waals surface area contributed by atoms with Gasteiger partial charge in [0.1, 0.15) is 0 Å². The molecule has 20 heavy (non-hydrogen) atoms. The van der Waals surface area contributed by atoms with E-state index in [-0.39, 0.29) is 11.8 Å². The SMILES string of the molecule is CCC(CC)C(=O)N(C)Cc1cnc2ccccc2c1. The van der Waals surface area contributed by atoms with E-state index in [1.807, 2.05) is 36.3 Å². The van der Waals surface area contributed by atoms with E-state index in [4.69, 9.17) is 0 Å². The molecule has 0 fully saturated rings. The van der Waals surface area contributed by atoms with Gasteiger partial charge in [0.05, 0.1) is 5.52 Å². The quantitative estimate of drug-likeness (QED) is 0.831. The minimum atomic E-state index is 0.133. The first-order chi connectivity index (χ1) is 9.65. The van der Waals surface area contributed by atoms with E-state index in [9.17, 15) is 4.79 Å². The van der Waals surface area contributed by atoms with Crippen LogP contribution in [0.25, 0.3) is 10.9 Å². The first-order valence-electron chi connectivity index (χ1n) is 7.24. The minimum absolute atomic E-state index is 0.133. The van der Waals surface area contributed by atoms with Gasteiger partial charge in [-0.25, -0.2) is 0 Å². The molecule has 2 rings (SSSR count). The van der Waals surface area contributed by atoms with Crippen LogP contribution >= 0.6 is 0 Å². The normalized spacial score (nSPS) is 11.0. The molecule has 0 aliphatic carbocycles. The summed E-state index contributed by atoms with van der Waals surface area (Å²) in [5, 5.41) is 1.12. The Morgan fingerprint density at radius 1 is 1.25 bits per heavy atom. The lowest BCUT2D eigenvalue weighted by Gasteiger charge is -2.22. The highest BCUT2D eigenvalue weighted by Gasteiger charge is 2.18. The van der Waals surface area contributed by atoms with Crippen molar-refractivity contribution in [2.75, 3.05) is 7.05 Å². The summed E-state index contributed by atoms with van der Waals surface area (Å²) in [7, 11) is 1.87. The third-order valence-electron chi connectivity index (χ3n) is 3.78. The van der Waals surface area contributed by atoms with Crippen LogP contribution in [-0.2, 0) is 11.3 Å². The fourth-order valence-corrected chi connectivity index (χ4v) is 2.50. The maximum absolute atomic E-state index is 12.3. The number of pyridine rings is 1. The molecule has 0 spiro atoms. The third-order valence-corrected chi connectivity index (χ3v) is 3.78. The molecule has 3 nitrogen and oxygen atoms in total. The van der Waals surface area contributed by atoms with E-state index in [0.29, 0.717) is 6.54 Å². The zero-order valence-electron chi connectivity index (χ0n) is 12.5. The number of amides is 1. The zero-order valence-corrected chi connectivity index (χ0v) is 12.5. The fraction of sp³-hybridized carbons (Fsp3) is 0.412. The Bertz CT molecular complexity index is 590. The van der Waals surface area contributed by atoms with Crippen molar-refractivity contribution < 1.29 is 4.79 Å². The highest BCUT2D eigenvalue weighted by Crippen LogP contribution is 2.16. The molecule has 0 saturated heterocycles. The summed E-state index contributed by atoms with van der Waals surface area (Å²) < 4.78 is 0. The van der Waals surface area contributed by atoms with Crippen LogP contribution in [0.15, 0.2) is 36.5 Å². The smallest absolute Gasteiger partial charge is 0.225 e. The van der Waals surface area contributed by atoms with Crippen LogP contribution in [0.5, 0.6) is 0 Å². The van der Waals surface area contributed by atoms with Gasteiger partial charge in [0.15, 0.2) is 0 Å². The maximum Gasteiger partial charge on any atom is 0.225 e. The predicted octanol–water partition coefficient (Wildman–Crippen LogP) is 3.63. The molecule has 2 aromatic rings. The van der Waals surface area contributed by atoms with Gasteiger partial charge in [0, 0.05) is 31.1 Å². The average molecular weight is 270 g/mol. The van der Waals surface area contributed by atoms with E-state index in [2.05, 4.69) is 31.0 Å². The summed E-state index contributed by atoms with van der Waals surface area (Å²) in [5.41, 5.74) is 2.07. The van der Waals surface area contributed by atoms with Crippen LogP contribution in [0.2, 0.25) is 0 Å². The van der Waals surface area contributed by atoms with E-state index >= 15 is 0 Å². The van der Waals surface area contributed by atoms with Crippen molar-refractivity contribution >= 4 is 16.8 Å². The molecule has 0 atom stereocenters. The van der Waals surface area contributed by atoms with Crippen molar-refractivity contribution in [1.29, 1.82) is 0 Å². The molecule has 1 aromatic heterocycles. The molecule has 1 heterocycles. The Hall–Kier alpha value is -1.90. The second kappa shape index (κ2) is 6.51. The lowest BCUT2D eigenvalue weighted by Crippen LogP contribution is -2.32. The molecule has 0 radical (unpaired) electrons. The summed E-state index contributed by atoms with van der Waals surface area (Å²) in [5.74, 6) is 0.358. The van der Waals surface area contributed by atoms with Crippen LogP contribution in [0.1, 0.15) is 32.3 Å². The Balaban J connectivity index is 2.13. The van der Waals surface area contributed by atoms with Gasteiger partial charge in [-0.1, -0.05) is 32.0 Å². The number of nitrogens with zero attached hydrogens (tertiary/aromatic N) is 2. The van der Waals surface area contributed by atoms with Crippen LogP contribution in [0, 0.1) is 5.92 Å². The highest BCUT2D eigenvalue weighted by atomic mass is 16.2. The summed E-state index contributed by atoms with van der Waals surface area (Å²) in [6, 6.07) is 10.1. The second-order valence-corrected chi connectivity index (χ2v) is 5.24. The number of benzene rings is 1. The predicted molar refractivity (Wildman–Crippen MR) is 82.3 cm³/mol. The molecule has 1 aromatic carbocycles. The number of para-hydroxylation sites is 1. The fourth-order valence-electron chi connectivity index (χ4n) is 2.50. The Morgan fingerprint density at radius 3 is 2.65 bits per heavy atom. The standard InChI is InChI=1S/C17H22N2O/c1-4-14(5-2)17(20)19(3)12-13-10-15-8-6-7-9-16(15)18-11-13/h6-11,14H,4-5,12H2,1-3H3. The van der Waals surface area contributed by atoms with Crippen LogP contribution in [0.4, 0.5) is 0 Å². The lowest BCUT2D eigenvalue weighted by molar-refractivity contribution is -0.134. The minimum Gasteiger partial charge on any atom is -0.341 e. The molecule has 0 N–H and O–H groups in total. The molecule has 3 heteroatoms. The molecular weight excluding hydrogens is 248 g/mol. The van der Waals surface area contributed by atoms with E-state index in [1.54, 1.807) is 0 Å². The number of carbonyl (C=O) groups is 1. The summed E-state index contributed by atoms with van der Waals surface area (Å²) in [4.78, 5) is 18.5. The van der Waals surface area contributed by atoms with Gasteiger partial charge in [0.2, 0.25) is 5.91 Å². The second-order valence-electron chi connectivity index (χ2n) is 5.24. The third kappa shape index (κ3) is 3.16. The topological polar surface area (TPSA) is 33.2 Å². The molecule has 106 valence electrons. The number of carbonyl (C=O) groups excluding carboxylic acids is 1. The van der Waals surface area contributed by atoms with Crippen molar-refractivity contribution in [3.05, 3.63) is 42.1 Å². The Kier molecular flexibility index (Phi) is 4.72. The number of fused-ring (bicyclic) bond motifs is 1. The molecule has 0 aliphatic heterocycles. The highest BCUT2D eigenvalue weighted by molar-refractivity contribution is 5.80. The molecule has 0 aliphatic rings. The average Bonchev–Trinajstić information content (AvgIpc) is 2.48. The van der Waals surface area contributed by atoms with Gasteiger partial charge in [-0.2, -0.15) is 0 Å². The van der Waals surface area contributed by atoms with Gasteiger partial charge in [0.25, 0.3) is 0 Å². The molecule has 0 unspecified atom stereocenters. The van der Waals surface area contributed by atoms with Crippen molar-refractivity contribution in [1.82, 2.24) is 9.88 Å². The van der Waals surface area contributed by atoms with Crippen LogP contribution < -0.4 is 0 Å². The van der Waals surface area contributed by atoms with Crippen LogP contribution in [0.3, 0.4) is 0 Å². The van der Waals surface area contributed by atoms with E-state index in [0.717, 1.165) is 29.3 Å². The summed E-state index contributed by atoms with van der Waals surface area (Å²) in [6.45, 7) is 4.75. The molecule has 0 saturated carbocycles. The lowest BCUT2D eigenvalue weighted by atomic mass is 10.0. The monoisotopic (exact) mass is 270 g/mol. The number of hydrogen-bond acceptors (Lipinski definition) is 2. The van der Waals surface area contributed by atoms with E-state index < -0.39 is 0 Å². The van der Waals surface area contributed by atoms with Gasteiger partial charge in [-0.3, -0.25) is 9.78 Å². The number of rotatable bonds is 5. The summed E-state index contributed by atoms with van der Waals surface area (Å²) >= 11 is 0. The largest absolute Gasteiger partial charge is 0.341 e. The van der Waals surface area contributed by atoms with Crippen molar-refractivity contribution in [3.63, 3.8) is 0 Å². The number of aromatic nitrogens is 1. The number of hydrogen-bond donors (Lipinski definition) is 0. The first kappa shape index (κ1) is 14.5. The maximum atomic E-state index is 12.3. The van der Waals surface area contributed by atoms with Gasteiger partial charge in [-0.15, -0.1) is 0 Å². The van der Waals surface area contributed by atoms with Gasteiger partial charge >= 0.3 is 0 Å². The van der Waals surface area contributed by atoms with Crippen molar-refractivity contribution in [3.8, 4) is 0 Å². The summed E-state index contributed by atoms with van der Waals surface area (Å²) in [6.07, 6.45) is 3.66. The van der Waals surface area contributed by atoms with Gasteiger partial charge in [-0.05, 0) is 30.5 Å². The zero-order chi connectivity index (χ0) is 14.5. The van der Waals surface area contributed by atoms with E-state index in [1.165, 1.54) is 0 Å². The molecule has 1 amide bonds. The van der Waals surface area contributed by atoms with Crippen molar-refractivity contribution in [2.45, 2.75) is 33.2 Å². The Morgan fingerprint density at radius 2 is 1.95 bits per heavy atom. The van der Waals surface area contributed by atoms with Gasteiger partial charge < -0.3 is 4.90 Å². The molecular formula is C17H22N2O. The Labute approximate surface area is 120 Å².